The van der Waals surface area contributed by atoms with Gasteiger partial charge in [0.25, 0.3) is 0 Å². The summed E-state index contributed by atoms with van der Waals surface area (Å²) in [5.74, 6) is 0. The van der Waals surface area contributed by atoms with Crippen molar-refractivity contribution in [3.8, 4) is 0 Å². The third-order valence-corrected chi connectivity index (χ3v) is 4.74. The lowest BCUT2D eigenvalue weighted by Gasteiger charge is -2.30. The second-order valence-corrected chi connectivity index (χ2v) is 8.10. The molecule has 2 heteroatoms. The highest BCUT2D eigenvalue weighted by Gasteiger charge is 2.26. The lowest BCUT2D eigenvalue weighted by atomic mass is 9.99. The second kappa shape index (κ2) is 7.04. The highest BCUT2D eigenvalue weighted by atomic mass is 32.2. The second-order valence-electron chi connectivity index (χ2n) is 6.66. The van der Waals surface area contributed by atoms with Crippen molar-refractivity contribution >= 4 is 12.0 Å². The molecule has 0 aromatic carbocycles. The third kappa shape index (κ3) is 7.35. The standard InChI is InChI=1S/C15H30OS/c1-14(2)12-10-8-6-5-7-9-11-13-15(3,4)17-16-14/h5-13H2,1-4H3. The minimum atomic E-state index is 0.0377. The van der Waals surface area contributed by atoms with Crippen LogP contribution in [0.2, 0.25) is 0 Å². The Labute approximate surface area is 112 Å². The van der Waals surface area contributed by atoms with Gasteiger partial charge >= 0.3 is 0 Å². The van der Waals surface area contributed by atoms with Crippen molar-refractivity contribution in [2.75, 3.05) is 0 Å². The molecule has 17 heavy (non-hydrogen) atoms. The maximum absolute atomic E-state index is 6.07. The molecule has 1 nitrogen and oxygen atoms in total. The van der Waals surface area contributed by atoms with Gasteiger partial charge in [0.1, 0.15) is 0 Å². The SMILES string of the molecule is CC1(C)CCCCCCCCCC(C)(C)SO1. The van der Waals surface area contributed by atoms with Crippen LogP contribution in [0.3, 0.4) is 0 Å². The molecule has 0 aliphatic carbocycles. The number of rotatable bonds is 0. The normalized spacial score (nSPS) is 27.5. The van der Waals surface area contributed by atoms with Crippen molar-refractivity contribution < 1.29 is 4.18 Å². The van der Waals surface area contributed by atoms with Crippen molar-refractivity contribution in [1.29, 1.82) is 0 Å². The quantitative estimate of drug-likeness (QED) is 0.513. The van der Waals surface area contributed by atoms with Crippen molar-refractivity contribution in [1.82, 2.24) is 0 Å². The van der Waals surface area contributed by atoms with Gasteiger partial charge in [-0.25, -0.2) is 0 Å². The van der Waals surface area contributed by atoms with Crippen LogP contribution in [-0.4, -0.2) is 10.3 Å². The van der Waals surface area contributed by atoms with Crippen molar-refractivity contribution in [3.63, 3.8) is 0 Å². The first-order valence-corrected chi connectivity index (χ1v) is 8.02. The minimum absolute atomic E-state index is 0.0377. The fraction of sp³-hybridized carbons (Fsp3) is 1.00. The zero-order valence-corrected chi connectivity index (χ0v) is 13.0. The van der Waals surface area contributed by atoms with E-state index in [-0.39, 0.29) is 10.3 Å². The molecule has 1 aliphatic rings. The van der Waals surface area contributed by atoms with Crippen LogP contribution in [0.15, 0.2) is 0 Å². The van der Waals surface area contributed by atoms with E-state index in [0.29, 0.717) is 0 Å². The van der Waals surface area contributed by atoms with Gasteiger partial charge in [-0.15, -0.1) is 0 Å². The molecule has 102 valence electrons. The van der Waals surface area contributed by atoms with E-state index in [2.05, 4.69) is 27.7 Å². The molecule has 0 aromatic heterocycles. The van der Waals surface area contributed by atoms with Crippen LogP contribution in [0, 0.1) is 0 Å². The monoisotopic (exact) mass is 258 g/mol. The summed E-state index contributed by atoms with van der Waals surface area (Å²) in [7, 11) is 0. The van der Waals surface area contributed by atoms with Gasteiger partial charge < -0.3 is 4.18 Å². The minimum Gasteiger partial charge on any atom is -0.309 e. The van der Waals surface area contributed by atoms with E-state index in [9.17, 15) is 0 Å². The van der Waals surface area contributed by atoms with Gasteiger partial charge in [0.15, 0.2) is 0 Å². The average Bonchev–Trinajstić information content (AvgIpc) is 2.24. The molecule has 0 atom stereocenters. The zero-order chi connectivity index (χ0) is 12.8. The van der Waals surface area contributed by atoms with Gasteiger partial charge in [-0.3, -0.25) is 0 Å². The first kappa shape index (κ1) is 15.4. The van der Waals surface area contributed by atoms with Crippen LogP contribution in [0.5, 0.6) is 0 Å². The van der Waals surface area contributed by atoms with Gasteiger partial charge in [0.2, 0.25) is 0 Å². The van der Waals surface area contributed by atoms with Crippen LogP contribution in [-0.2, 0) is 4.18 Å². The topological polar surface area (TPSA) is 9.23 Å². The predicted octanol–water partition coefficient (Wildman–Crippen LogP) is 5.73. The van der Waals surface area contributed by atoms with Gasteiger partial charge in [-0.2, -0.15) is 0 Å². The van der Waals surface area contributed by atoms with Crippen molar-refractivity contribution in [3.05, 3.63) is 0 Å². The molecule has 1 fully saturated rings. The Morgan fingerprint density at radius 2 is 1.18 bits per heavy atom. The van der Waals surface area contributed by atoms with Crippen LogP contribution in [0.1, 0.15) is 85.5 Å². The van der Waals surface area contributed by atoms with Crippen LogP contribution in [0.4, 0.5) is 0 Å². The molecule has 0 aromatic rings. The fourth-order valence-electron chi connectivity index (χ4n) is 2.29. The Hall–Kier alpha value is 0.310. The maximum Gasteiger partial charge on any atom is 0.0773 e. The third-order valence-electron chi connectivity index (χ3n) is 3.55. The summed E-state index contributed by atoms with van der Waals surface area (Å²) < 4.78 is 6.34. The molecular weight excluding hydrogens is 228 g/mol. The first-order valence-electron chi connectivity index (χ1n) is 7.28. The molecular formula is C15H30OS. The molecule has 1 saturated heterocycles. The van der Waals surface area contributed by atoms with E-state index in [1.165, 1.54) is 57.8 Å². The molecule has 0 saturated carbocycles. The molecule has 0 spiro atoms. The highest BCUT2D eigenvalue weighted by molar-refractivity contribution is 7.96. The number of hydrogen-bond donors (Lipinski definition) is 0. The molecule has 0 amide bonds. The lowest BCUT2D eigenvalue weighted by molar-refractivity contribution is 0.122. The summed E-state index contributed by atoms with van der Waals surface area (Å²) in [5.41, 5.74) is 0.0377. The molecule has 0 unspecified atom stereocenters. The largest absolute Gasteiger partial charge is 0.309 e. The molecule has 1 rings (SSSR count). The highest BCUT2D eigenvalue weighted by Crippen LogP contribution is 2.36. The average molecular weight is 258 g/mol. The zero-order valence-electron chi connectivity index (χ0n) is 12.2. The summed E-state index contributed by atoms with van der Waals surface area (Å²) in [4.78, 5) is 0. The summed E-state index contributed by atoms with van der Waals surface area (Å²) in [6.07, 6.45) is 12.2. The number of hydrogen-bond acceptors (Lipinski definition) is 2. The van der Waals surface area contributed by atoms with E-state index in [1.807, 2.05) is 0 Å². The van der Waals surface area contributed by atoms with Crippen molar-refractivity contribution in [2.24, 2.45) is 0 Å². The first-order chi connectivity index (χ1) is 7.91. The Balaban J connectivity index is 2.47. The molecule has 0 radical (unpaired) electrons. The predicted molar refractivity (Wildman–Crippen MR) is 78.4 cm³/mol. The van der Waals surface area contributed by atoms with E-state index < -0.39 is 0 Å². The Morgan fingerprint density at radius 1 is 0.706 bits per heavy atom. The molecule has 1 aliphatic heterocycles. The lowest BCUT2D eigenvalue weighted by Crippen LogP contribution is -2.25. The van der Waals surface area contributed by atoms with Crippen LogP contribution in [0.25, 0.3) is 0 Å². The van der Waals surface area contributed by atoms with Gasteiger partial charge in [-0.1, -0.05) is 44.9 Å². The van der Waals surface area contributed by atoms with E-state index >= 15 is 0 Å². The van der Waals surface area contributed by atoms with E-state index in [1.54, 1.807) is 12.0 Å². The molecule has 0 bridgehead atoms. The molecule has 1 heterocycles. The summed E-state index contributed by atoms with van der Waals surface area (Å²) in [6.45, 7) is 9.09. The Bertz CT molecular complexity index is 189. The molecule has 0 N–H and O–H groups in total. The Morgan fingerprint density at radius 3 is 1.76 bits per heavy atom. The summed E-state index contributed by atoms with van der Waals surface area (Å²) >= 11 is 1.71. The summed E-state index contributed by atoms with van der Waals surface area (Å²) in [5, 5.41) is 0. The van der Waals surface area contributed by atoms with Crippen LogP contribution >= 0.6 is 12.0 Å². The van der Waals surface area contributed by atoms with Gasteiger partial charge in [0, 0.05) is 4.75 Å². The van der Waals surface area contributed by atoms with Crippen molar-refractivity contribution in [2.45, 2.75) is 95.8 Å². The van der Waals surface area contributed by atoms with E-state index in [0.717, 1.165) is 0 Å². The Kier molecular flexibility index (Phi) is 6.36. The maximum atomic E-state index is 6.07. The smallest absolute Gasteiger partial charge is 0.0773 e. The van der Waals surface area contributed by atoms with Gasteiger partial charge in [0.05, 0.1) is 5.60 Å². The van der Waals surface area contributed by atoms with Gasteiger partial charge in [-0.05, 0) is 52.6 Å². The van der Waals surface area contributed by atoms with E-state index in [4.69, 9.17) is 4.18 Å². The summed E-state index contributed by atoms with van der Waals surface area (Å²) in [6, 6.07) is 0. The fourth-order valence-corrected chi connectivity index (χ4v) is 3.06. The van der Waals surface area contributed by atoms with Crippen LogP contribution < -0.4 is 0 Å².